The van der Waals surface area contributed by atoms with Crippen molar-refractivity contribution in [2.75, 3.05) is 13.1 Å². The summed E-state index contributed by atoms with van der Waals surface area (Å²) < 4.78 is 0. The quantitative estimate of drug-likeness (QED) is 0.754. The largest absolute Gasteiger partial charge is 0.297 e. The molecule has 2 nitrogen and oxygen atoms in total. The van der Waals surface area contributed by atoms with Gasteiger partial charge in [0.2, 0.25) is 0 Å². The van der Waals surface area contributed by atoms with Crippen molar-refractivity contribution in [2.45, 2.75) is 26.8 Å². The van der Waals surface area contributed by atoms with Gasteiger partial charge in [-0.3, -0.25) is 4.90 Å². The highest BCUT2D eigenvalue weighted by Crippen LogP contribution is 2.30. The highest BCUT2D eigenvalue weighted by Gasteiger charge is 2.29. The van der Waals surface area contributed by atoms with Crippen LogP contribution in [-0.4, -0.2) is 23.0 Å². The van der Waals surface area contributed by atoms with E-state index in [1.165, 1.54) is 6.42 Å². The Labute approximate surface area is 107 Å². The Kier molecular flexibility index (Phi) is 3.43. The Morgan fingerprint density at radius 3 is 2.75 bits per heavy atom. The number of likely N-dealkylation sites (tertiary alicyclic amines) is 1. The first-order chi connectivity index (χ1) is 7.46. The zero-order chi connectivity index (χ0) is 11.8. The van der Waals surface area contributed by atoms with E-state index in [-0.39, 0.29) is 0 Å². The first kappa shape index (κ1) is 12.2. The molecule has 1 aliphatic heterocycles. The average Bonchev–Trinajstić information content (AvgIpc) is 2.52. The average molecular weight is 259 g/mol. The van der Waals surface area contributed by atoms with E-state index in [9.17, 15) is 0 Å². The smallest absolute Gasteiger partial charge is 0.129 e. The third-order valence-corrected chi connectivity index (χ3v) is 3.57. The lowest BCUT2D eigenvalue weighted by Crippen LogP contribution is -2.23. The van der Waals surface area contributed by atoms with Gasteiger partial charge in [-0.15, -0.1) is 0 Å². The summed E-state index contributed by atoms with van der Waals surface area (Å²) in [4.78, 5) is 6.66. The van der Waals surface area contributed by atoms with Crippen molar-refractivity contribution in [1.82, 2.24) is 9.88 Å². The minimum atomic E-state index is 0.408. The third kappa shape index (κ3) is 2.88. The molecule has 1 saturated heterocycles. The number of halogens is 2. The normalized spacial score (nSPS) is 20.2. The van der Waals surface area contributed by atoms with Crippen molar-refractivity contribution < 1.29 is 0 Å². The number of hydrogen-bond acceptors (Lipinski definition) is 2. The van der Waals surface area contributed by atoms with Crippen LogP contribution in [-0.2, 0) is 6.54 Å². The molecule has 0 aliphatic carbocycles. The van der Waals surface area contributed by atoms with Gasteiger partial charge in [0, 0.05) is 13.1 Å². The molecular formula is C12H16Cl2N2. The maximum atomic E-state index is 6.10. The van der Waals surface area contributed by atoms with Gasteiger partial charge in [-0.05, 0) is 30.5 Å². The van der Waals surface area contributed by atoms with Crippen molar-refractivity contribution in [3.63, 3.8) is 0 Å². The molecule has 1 aromatic rings. The first-order valence-corrected chi connectivity index (χ1v) is 6.25. The summed E-state index contributed by atoms with van der Waals surface area (Å²) in [5.41, 5.74) is 1.29. The molecule has 0 amide bonds. The fourth-order valence-corrected chi connectivity index (χ4v) is 2.47. The molecule has 1 aromatic heterocycles. The van der Waals surface area contributed by atoms with E-state index >= 15 is 0 Å². The Hall–Kier alpha value is -0.310. The van der Waals surface area contributed by atoms with E-state index in [1.807, 2.05) is 6.07 Å². The van der Waals surface area contributed by atoms with Gasteiger partial charge in [-0.2, -0.15) is 0 Å². The molecule has 0 aromatic carbocycles. The van der Waals surface area contributed by atoms with E-state index in [2.05, 4.69) is 23.7 Å². The fourth-order valence-electron chi connectivity index (χ4n) is 2.14. The van der Waals surface area contributed by atoms with Crippen molar-refractivity contribution in [1.29, 1.82) is 0 Å². The van der Waals surface area contributed by atoms with Crippen molar-refractivity contribution in [2.24, 2.45) is 5.41 Å². The molecule has 2 heterocycles. The Balaban J connectivity index is 2.07. The van der Waals surface area contributed by atoms with E-state index in [0.29, 0.717) is 15.6 Å². The molecule has 0 bridgehead atoms. The van der Waals surface area contributed by atoms with E-state index < -0.39 is 0 Å². The molecule has 1 fully saturated rings. The summed E-state index contributed by atoms with van der Waals surface area (Å²) in [5.74, 6) is 0. The molecule has 0 N–H and O–H groups in total. The molecule has 2 rings (SSSR count). The summed E-state index contributed by atoms with van der Waals surface area (Å²) in [6.07, 6.45) is 1.23. The van der Waals surface area contributed by atoms with Crippen LogP contribution in [0, 0.1) is 5.41 Å². The monoisotopic (exact) mass is 258 g/mol. The van der Waals surface area contributed by atoms with E-state index in [4.69, 9.17) is 23.2 Å². The standard InChI is InChI=1S/C12H16Cl2N2/c1-12(2)5-6-16(8-12)7-10-9(13)3-4-11(14)15-10/h3-4H,5-8H2,1-2H3. The summed E-state index contributed by atoms with van der Waals surface area (Å²) in [6, 6.07) is 3.54. The number of rotatable bonds is 2. The van der Waals surface area contributed by atoms with Crippen LogP contribution in [0.2, 0.25) is 10.2 Å². The maximum Gasteiger partial charge on any atom is 0.129 e. The first-order valence-electron chi connectivity index (χ1n) is 5.50. The van der Waals surface area contributed by atoms with Crippen LogP contribution >= 0.6 is 23.2 Å². The van der Waals surface area contributed by atoms with Gasteiger partial charge in [0.1, 0.15) is 5.15 Å². The molecule has 0 spiro atoms. The number of hydrogen-bond donors (Lipinski definition) is 0. The Morgan fingerprint density at radius 2 is 2.12 bits per heavy atom. The molecule has 0 radical (unpaired) electrons. The summed E-state index contributed by atoms with van der Waals surface area (Å²) in [5, 5.41) is 1.21. The van der Waals surface area contributed by atoms with Crippen molar-refractivity contribution in [3.05, 3.63) is 28.0 Å². The zero-order valence-corrected chi connectivity index (χ0v) is 11.1. The van der Waals surface area contributed by atoms with Crippen LogP contribution in [0.15, 0.2) is 12.1 Å². The van der Waals surface area contributed by atoms with Gasteiger partial charge < -0.3 is 0 Å². The topological polar surface area (TPSA) is 16.1 Å². The highest BCUT2D eigenvalue weighted by atomic mass is 35.5. The second-order valence-electron chi connectivity index (χ2n) is 5.19. The third-order valence-electron chi connectivity index (χ3n) is 3.01. The van der Waals surface area contributed by atoms with Gasteiger partial charge in [0.15, 0.2) is 0 Å². The van der Waals surface area contributed by atoms with Crippen LogP contribution in [0.4, 0.5) is 0 Å². The van der Waals surface area contributed by atoms with E-state index in [0.717, 1.165) is 25.3 Å². The van der Waals surface area contributed by atoms with Gasteiger partial charge in [0.25, 0.3) is 0 Å². The predicted octanol–water partition coefficient (Wildman–Crippen LogP) is 3.62. The minimum absolute atomic E-state index is 0.408. The highest BCUT2D eigenvalue weighted by molar-refractivity contribution is 6.32. The SMILES string of the molecule is CC1(C)CCN(Cc2nc(Cl)ccc2Cl)C1. The lowest BCUT2D eigenvalue weighted by atomic mass is 9.93. The summed E-state index contributed by atoms with van der Waals surface area (Å²) in [7, 11) is 0. The van der Waals surface area contributed by atoms with Crippen LogP contribution in [0.3, 0.4) is 0 Å². The van der Waals surface area contributed by atoms with Crippen LogP contribution in [0.1, 0.15) is 26.0 Å². The maximum absolute atomic E-state index is 6.10. The van der Waals surface area contributed by atoms with Gasteiger partial charge >= 0.3 is 0 Å². The van der Waals surface area contributed by atoms with Crippen LogP contribution in [0.25, 0.3) is 0 Å². The summed E-state index contributed by atoms with van der Waals surface area (Å²) in [6.45, 7) is 7.58. The number of nitrogens with zero attached hydrogens (tertiary/aromatic N) is 2. The predicted molar refractivity (Wildman–Crippen MR) is 67.9 cm³/mol. The van der Waals surface area contributed by atoms with Crippen LogP contribution in [0.5, 0.6) is 0 Å². The summed E-state index contributed by atoms with van der Waals surface area (Å²) >= 11 is 12.0. The number of aromatic nitrogens is 1. The van der Waals surface area contributed by atoms with Crippen molar-refractivity contribution in [3.8, 4) is 0 Å². The molecule has 4 heteroatoms. The molecule has 0 unspecified atom stereocenters. The van der Waals surface area contributed by atoms with Crippen molar-refractivity contribution >= 4 is 23.2 Å². The van der Waals surface area contributed by atoms with Gasteiger partial charge in [-0.1, -0.05) is 37.0 Å². The van der Waals surface area contributed by atoms with Gasteiger partial charge in [-0.25, -0.2) is 4.98 Å². The zero-order valence-electron chi connectivity index (χ0n) is 9.63. The molecular weight excluding hydrogens is 243 g/mol. The lowest BCUT2D eigenvalue weighted by molar-refractivity contribution is 0.282. The second-order valence-corrected chi connectivity index (χ2v) is 5.98. The Bertz CT molecular complexity index is 391. The van der Waals surface area contributed by atoms with Crippen LogP contribution < -0.4 is 0 Å². The second kappa shape index (κ2) is 4.52. The minimum Gasteiger partial charge on any atom is -0.297 e. The number of pyridine rings is 1. The van der Waals surface area contributed by atoms with Gasteiger partial charge in [0.05, 0.1) is 10.7 Å². The molecule has 16 heavy (non-hydrogen) atoms. The fraction of sp³-hybridized carbons (Fsp3) is 0.583. The Morgan fingerprint density at radius 1 is 1.38 bits per heavy atom. The molecule has 88 valence electrons. The molecule has 1 aliphatic rings. The lowest BCUT2D eigenvalue weighted by Gasteiger charge is -2.19. The molecule has 0 saturated carbocycles. The molecule has 0 atom stereocenters. The van der Waals surface area contributed by atoms with E-state index in [1.54, 1.807) is 6.07 Å².